The van der Waals surface area contributed by atoms with Crippen molar-refractivity contribution in [2.24, 2.45) is 0 Å². The zero-order valence-electron chi connectivity index (χ0n) is 19.9. The number of carbonyl (C=O) groups is 2. The summed E-state index contributed by atoms with van der Waals surface area (Å²) < 4.78 is 1.56. The highest BCUT2D eigenvalue weighted by Gasteiger charge is 2.20. The van der Waals surface area contributed by atoms with Gasteiger partial charge >= 0.3 is 0 Å². The molecule has 0 aliphatic rings. The number of nitrogens with one attached hydrogen (secondary N) is 1. The van der Waals surface area contributed by atoms with Gasteiger partial charge in [-0.3, -0.25) is 19.0 Å². The molecule has 0 aliphatic carbocycles. The van der Waals surface area contributed by atoms with Crippen LogP contribution in [0, 0.1) is 13.8 Å². The molecule has 0 unspecified atom stereocenters. The van der Waals surface area contributed by atoms with Crippen molar-refractivity contribution in [3.8, 4) is 5.69 Å². The summed E-state index contributed by atoms with van der Waals surface area (Å²) in [7, 11) is 0. The summed E-state index contributed by atoms with van der Waals surface area (Å²) in [4.78, 5) is 43.2. The number of Topliss-reactive ketones (excluding diaryl/α,β-unsaturated/α-hetero) is 1. The van der Waals surface area contributed by atoms with E-state index in [-0.39, 0.29) is 23.0 Å². The highest BCUT2D eigenvalue weighted by Crippen LogP contribution is 2.23. The smallest absolute Gasteiger partial charge is 0.266 e. The number of aryl methyl sites for hydroxylation is 2. The molecule has 0 bridgehead atoms. The number of thioether (sulfide) groups is 1. The summed E-state index contributed by atoms with van der Waals surface area (Å²) >= 11 is 1.18. The van der Waals surface area contributed by atoms with Crippen molar-refractivity contribution < 1.29 is 9.59 Å². The van der Waals surface area contributed by atoms with Crippen molar-refractivity contribution >= 4 is 34.4 Å². The first kappa shape index (κ1) is 24.4. The molecule has 178 valence electrons. The third-order valence-electron chi connectivity index (χ3n) is 5.65. The van der Waals surface area contributed by atoms with E-state index < -0.39 is 6.04 Å². The number of hydrogen-bond acceptors (Lipinski definition) is 5. The average Bonchev–Trinajstić information content (AvgIpc) is 2.82. The first-order valence-electron chi connectivity index (χ1n) is 11.4. The Morgan fingerprint density at radius 1 is 0.971 bits per heavy atom. The summed E-state index contributed by atoms with van der Waals surface area (Å²) in [5, 5.41) is 3.78. The molecule has 1 N–H and O–H groups in total. The van der Waals surface area contributed by atoms with E-state index >= 15 is 0 Å². The van der Waals surface area contributed by atoms with Gasteiger partial charge in [-0.1, -0.05) is 60.3 Å². The number of ketones is 1. The van der Waals surface area contributed by atoms with Gasteiger partial charge in [-0.05, 0) is 68.1 Å². The zero-order chi connectivity index (χ0) is 24.9. The van der Waals surface area contributed by atoms with E-state index in [9.17, 15) is 14.4 Å². The Kier molecular flexibility index (Phi) is 7.46. The van der Waals surface area contributed by atoms with Crippen LogP contribution in [0.5, 0.6) is 0 Å². The Balaban J connectivity index is 1.61. The third kappa shape index (κ3) is 5.87. The second kappa shape index (κ2) is 10.7. The van der Waals surface area contributed by atoms with Crippen LogP contribution in [0.15, 0.2) is 82.7 Å². The zero-order valence-corrected chi connectivity index (χ0v) is 20.8. The molecule has 4 aromatic rings. The van der Waals surface area contributed by atoms with E-state index in [4.69, 9.17) is 4.98 Å². The predicted octanol–water partition coefficient (Wildman–Crippen LogP) is 4.41. The molecule has 0 saturated heterocycles. The molecule has 35 heavy (non-hydrogen) atoms. The fraction of sp³-hybridized carbons (Fsp3) is 0.214. The molecule has 1 amide bonds. The van der Waals surface area contributed by atoms with Gasteiger partial charge in [-0.15, -0.1) is 0 Å². The van der Waals surface area contributed by atoms with Crippen molar-refractivity contribution in [3.05, 3.63) is 99.8 Å². The molecule has 1 atom stereocenters. The summed E-state index contributed by atoms with van der Waals surface area (Å²) in [6.45, 7) is 5.43. The molecule has 0 radical (unpaired) electrons. The summed E-state index contributed by atoms with van der Waals surface area (Å²) in [6, 6.07) is 22.1. The predicted molar refractivity (Wildman–Crippen MR) is 140 cm³/mol. The quantitative estimate of drug-likeness (QED) is 0.295. The molecule has 7 heteroatoms. The molecule has 1 heterocycles. The van der Waals surface area contributed by atoms with Crippen LogP contribution in [0.4, 0.5) is 0 Å². The minimum atomic E-state index is -0.614. The number of hydrogen-bond donors (Lipinski definition) is 1. The standard InChI is InChI=1S/C28H27N3O3S/c1-18-13-19(2)15-22(14-18)31-27(34)23-11-7-8-12-24(23)30-28(31)35-17-26(33)29-25(20(3)32)16-21-9-5-4-6-10-21/h4-15,25H,16-17H2,1-3H3,(H,29,33)/t25-/m0/s1. The van der Waals surface area contributed by atoms with Gasteiger partial charge < -0.3 is 5.32 Å². The third-order valence-corrected chi connectivity index (χ3v) is 6.59. The lowest BCUT2D eigenvalue weighted by molar-refractivity contribution is -0.125. The molecule has 0 fully saturated rings. The second-order valence-corrected chi connectivity index (χ2v) is 9.55. The topological polar surface area (TPSA) is 81.1 Å². The van der Waals surface area contributed by atoms with Crippen LogP contribution >= 0.6 is 11.8 Å². The highest BCUT2D eigenvalue weighted by atomic mass is 32.2. The largest absolute Gasteiger partial charge is 0.345 e. The van der Waals surface area contributed by atoms with Crippen LogP contribution in [-0.4, -0.2) is 33.0 Å². The minimum absolute atomic E-state index is 0.0220. The maximum Gasteiger partial charge on any atom is 0.266 e. The summed E-state index contributed by atoms with van der Waals surface area (Å²) in [6.07, 6.45) is 0.425. The number of amides is 1. The van der Waals surface area contributed by atoms with E-state index in [0.29, 0.717) is 28.2 Å². The van der Waals surface area contributed by atoms with Gasteiger partial charge in [0, 0.05) is 0 Å². The van der Waals surface area contributed by atoms with Gasteiger partial charge in [0.05, 0.1) is 28.4 Å². The lowest BCUT2D eigenvalue weighted by atomic mass is 10.0. The van der Waals surface area contributed by atoms with Crippen LogP contribution in [0.25, 0.3) is 16.6 Å². The number of aromatic nitrogens is 2. The van der Waals surface area contributed by atoms with E-state index in [2.05, 4.69) is 5.32 Å². The summed E-state index contributed by atoms with van der Waals surface area (Å²) in [5.41, 5.74) is 4.12. The molecule has 1 aromatic heterocycles. The van der Waals surface area contributed by atoms with Gasteiger partial charge in [0.25, 0.3) is 5.56 Å². The van der Waals surface area contributed by atoms with Crippen molar-refractivity contribution in [2.45, 2.75) is 38.4 Å². The van der Waals surface area contributed by atoms with E-state index in [1.165, 1.54) is 18.7 Å². The maximum absolute atomic E-state index is 13.5. The second-order valence-electron chi connectivity index (χ2n) is 8.61. The van der Waals surface area contributed by atoms with Crippen LogP contribution in [0.3, 0.4) is 0 Å². The highest BCUT2D eigenvalue weighted by molar-refractivity contribution is 7.99. The van der Waals surface area contributed by atoms with Gasteiger partial charge in [0.2, 0.25) is 5.91 Å². The molecule has 0 aliphatic heterocycles. The number of rotatable bonds is 8. The number of benzene rings is 3. The minimum Gasteiger partial charge on any atom is -0.345 e. The van der Waals surface area contributed by atoms with Crippen LogP contribution in [0.1, 0.15) is 23.6 Å². The molecular weight excluding hydrogens is 458 g/mol. The van der Waals surface area contributed by atoms with Gasteiger partial charge in [0.1, 0.15) is 0 Å². The van der Waals surface area contributed by atoms with Crippen LogP contribution in [0.2, 0.25) is 0 Å². The van der Waals surface area contributed by atoms with E-state index in [1.54, 1.807) is 16.7 Å². The van der Waals surface area contributed by atoms with Crippen LogP contribution in [-0.2, 0) is 16.0 Å². The van der Waals surface area contributed by atoms with Crippen molar-refractivity contribution in [1.82, 2.24) is 14.9 Å². The first-order valence-corrected chi connectivity index (χ1v) is 12.4. The average molecular weight is 486 g/mol. The number of nitrogens with zero attached hydrogens (tertiary/aromatic N) is 2. The Hall–Kier alpha value is -3.71. The van der Waals surface area contributed by atoms with Crippen molar-refractivity contribution in [1.29, 1.82) is 0 Å². The number of fused-ring (bicyclic) bond motifs is 1. The summed E-state index contributed by atoms with van der Waals surface area (Å²) in [5.74, 6) is -0.377. The normalized spacial score (nSPS) is 11.9. The first-order chi connectivity index (χ1) is 16.8. The molecule has 3 aromatic carbocycles. The molecule has 0 saturated carbocycles. The van der Waals surface area contributed by atoms with Crippen molar-refractivity contribution in [2.75, 3.05) is 5.75 Å². The Bertz CT molecular complexity index is 1430. The molecule has 0 spiro atoms. The van der Waals surface area contributed by atoms with E-state index in [1.807, 2.05) is 74.5 Å². The van der Waals surface area contributed by atoms with Gasteiger partial charge in [-0.2, -0.15) is 0 Å². The van der Waals surface area contributed by atoms with Gasteiger partial charge in [-0.25, -0.2) is 4.98 Å². The Morgan fingerprint density at radius 2 is 1.63 bits per heavy atom. The van der Waals surface area contributed by atoms with E-state index in [0.717, 1.165) is 16.7 Å². The lowest BCUT2D eigenvalue weighted by Crippen LogP contribution is -2.42. The Morgan fingerprint density at radius 3 is 2.31 bits per heavy atom. The SMILES string of the molecule is CC(=O)[C@H](Cc1ccccc1)NC(=O)CSc1nc2ccccc2c(=O)n1-c1cc(C)cc(C)c1. The van der Waals surface area contributed by atoms with Crippen molar-refractivity contribution in [3.63, 3.8) is 0 Å². The Labute approximate surface area is 208 Å². The lowest BCUT2D eigenvalue weighted by Gasteiger charge is -2.17. The number of para-hydroxylation sites is 1. The van der Waals surface area contributed by atoms with Gasteiger partial charge in [0.15, 0.2) is 10.9 Å². The molecule has 4 rings (SSSR count). The monoisotopic (exact) mass is 485 g/mol. The molecule has 6 nitrogen and oxygen atoms in total. The number of carbonyl (C=O) groups excluding carboxylic acids is 2. The molecular formula is C28H27N3O3S. The van der Waals surface area contributed by atoms with Crippen LogP contribution < -0.4 is 10.9 Å². The fourth-order valence-corrected chi connectivity index (χ4v) is 4.85. The maximum atomic E-state index is 13.5. The fourth-order valence-electron chi connectivity index (χ4n) is 4.03.